The first-order valence-electron chi connectivity index (χ1n) is 9.46. The molecule has 0 saturated heterocycles. The molecule has 6 nitrogen and oxygen atoms in total. The van der Waals surface area contributed by atoms with E-state index >= 15 is 0 Å². The first-order chi connectivity index (χ1) is 14.5. The predicted molar refractivity (Wildman–Crippen MR) is 121 cm³/mol. The van der Waals surface area contributed by atoms with Crippen molar-refractivity contribution in [1.29, 1.82) is 0 Å². The Kier molecular flexibility index (Phi) is 5.87. The number of thiazole rings is 1. The minimum Gasteiger partial charge on any atom is -0.349 e. The number of rotatable bonds is 6. The van der Waals surface area contributed by atoms with Crippen LogP contribution in [0.2, 0.25) is 0 Å². The molecule has 3 heterocycles. The molecule has 30 heavy (non-hydrogen) atoms. The van der Waals surface area contributed by atoms with E-state index in [0.29, 0.717) is 12.2 Å². The first-order valence-corrected chi connectivity index (χ1v) is 11.2. The Morgan fingerprint density at radius 2 is 1.93 bits per heavy atom. The Balaban J connectivity index is 1.48. The van der Waals surface area contributed by atoms with Crippen LogP contribution in [0, 0.1) is 6.92 Å². The third-order valence-electron chi connectivity index (χ3n) is 4.68. The average molecular weight is 437 g/mol. The van der Waals surface area contributed by atoms with Gasteiger partial charge in [-0.3, -0.25) is 9.59 Å². The van der Waals surface area contributed by atoms with Crippen molar-refractivity contribution in [2.24, 2.45) is 0 Å². The SMILES string of the molecule is Cc1nc(-c2ccccc2)sc1CNC(=O)C(C)n1nc(-c2cccs2)ccc1=O. The fraction of sp³-hybridized carbons (Fsp3) is 0.182. The molecule has 4 aromatic rings. The zero-order valence-corrected chi connectivity index (χ0v) is 18.2. The number of thiophene rings is 1. The third kappa shape index (κ3) is 4.24. The molecule has 3 aromatic heterocycles. The summed E-state index contributed by atoms with van der Waals surface area (Å²) in [5, 5.41) is 10.2. The first kappa shape index (κ1) is 20.2. The Bertz CT molecular complexity index is 1210. The van der Waals surface area contributed by atoms with Gasteiger partial charge in [0.25, 0.3) is 5.56 Å². The molecular weight excluding hydrogens is 416 g/mol. The number of carbonyl (C=O) groups is 1. The van der Waals surface area contributed by atoms with E-state index < -0.39 is 6.04 Å². The molecule has 0 fully saturated rings. The molecule has 4 rings (SSSR count). The molecule has 1 atom stereocenters. The maximum absolute atomic E-state index is 12.7. The van der Waals surface area contributed by atoms with Crippen LogP contribution in [0.5, 0.6) is 0 Å². The summed E-state index contributed by atoms with van der Waals surface area (Å²) in [6.45, 7) is 3.97. The van der Waals surface area contributed by atoms with Crippen LogP contribution in [0.25, 0.3) is 21.1 Å². The van der Waals surface area contributed by atoms with Gasteiger partial charge >= 0.3 is 0 Å². The van der Waals surface area contributed by atoms with Gasteiger partial charge in [0, 0.05) is 16.5 Å². The minimum absolute atomic E-state index is 0.262. The molecule has 1 aromatic carbocycles. The van der Waals surface area contributed by atoms with Gasteiger partial charge in [0.1, 0.15) is 16.7 Å². The van der Waals surface area contributed by atoms with Gasteiger partial charge in [-0.05, 0) is 31.4 Å². The Hall–Kier alpha value is -3.10. The second kappa shape index (κ2) is 8.73. The molecular formula is C22H20N4O2S2. The largest absolute Gasteiger partial charge is 0.349 e. The molecule has 0 spiro atoms. The van der Waals surface area contributed by atoms with E-state index in [2.05, 4.69) is 15.4 Å². The lowest BCUT2D eigenvalue weighted by atomic mass is 10.2. The van der Waals surface area contributed by atoms with E-state index in [4.69, 9.17) is 0 Å². The van der Waals surface area contributed by atoms with E-state index in [1.54, 1.807) is 24.3 Å². The summed E-state index contributed by atoms with van der Waals surface area (Å²) in [5.74, 6) is -0.262. The normalized spacial score (nSPS) is 11.9. The predicted octanol–water partition coefficient (Wildman–Crippen LogP) is 4.28. The lowest BCUT2D eigenvalue weighted by Gasteiger charge is -2.14. The van der Waals surface area contributed by atoms with Crippen LogP contribution in [-0.4, -0.2) is 20.7 Å². The van der Waals surface area contributed by atoms with Crippen molar-refractivity contribution >= 4 is 28.6 Å². The lowest BCUT2D eigenvalue weighted by molar-refractivity contribution is -0.124. The van der Waals surface area contributed by atoms with Crippen molar-refractivity contribution in [3.63, 3.8) is 0 Å². The summed E-state index contributed by atoms with van der Waals surface area (Å²) in [6.07, 6.45) is 0. The molecule has 1 unspecified atom stereocenters. The van der Waals surface area contributed by atoms with E-state index in [-0.39, 0.29) is 11.5 Å². The Morgan fingerprint density at radius 3 is 2.67 bits per heavy atom. The van der Waals surface area contributed by atoms with Crippen LogP contribution in [0.1, 0.15) is 23.5 Å². The van der Waals surface area contributed by atoms with Crippen LogP contribution >= 0.6 is 22.7 Å². The second-order valence-corrected chi connectivity index (χ2v) is 8.80. The van der Waals surface area contributed by atoms with Crippen LogP contribution in [0.4, 0.5) is 0 Å². The van der Waals surface area contributed by atoms with E-state index in [1.165, 1.54) is 22.1 Å². The number of hydrogen-bond donors (Lipinski definition) is 1. The number of nitrogens with one attached hydrogen (secondary N) is 1. The summed E-state index contributed by atoms with van der Waals surface area (Å²) in [4.78, 5) is 31.6. The molecule has 0 aliphatic heterocycles. The van der Waals surface area contributed by atoms with Crippen LogP contribution in [-0.2, 0) is 11.3 Å². The van der Waals surface area contributed by atoms with Crippen molar-refractivity contribution in [3.05, 3.63) is 80.9 Å². The van der Waals surface area contributed by atoms with E-state index in [9.17, 15) is 9.59 Å². The molecule has 152 valence electrons. The average Bonchev–Trinajstić information content (AvgIpc) is 3.43. The number of nitrogens with zero attached hydrogens (tertiary/aromatic N) is 3. The molecule has 1 N–H and O–H groups in total. The molecule has 0 aliphatic rings. The highest BCUT2D eigenvalue weighted by Crippen LogP contribution is 2.27. The van der Waals surface area contributed by atoms with Crippen molar-refractivity contribution in [2.45, 2.75) is 26.4 Å². The van der Waals surface area contributed by atoms with Crippen LogP contribution in [0.3, 0.4) is 0 Å². The van der Waals surface area contributed by atoms with Crippen molar-refractivity contribution < 1.29 is 4.79 Å². The molecule has 0 saturated carbocycles. The Morgan fingerprint density at radius 1 is 1.13 bits per heavy atom. The molecule has 8 heteroatoms. The lowest BCUT2D eigenvalue weighted by Crippen LogP contribution is -2.36. The van der Waals surface area contributed by atoms with Gasteiger partial charge in [0.2, 0.25) is 5.91 Å². The molecule has 0 radical (unpaired) electrons. The van der Waals surface area contributed by atoms with Crippen molar-refractivity contribution in [3.8, 4) is 21.1 Å². The third-order valence-corrected chi connectivity index (χ3v) is 6.78. The number of benzene rings is 1. The van der Waals surface area contributed by atoms with E-state index in [0.717, 1.165) is 26.0 Å². The zero-order chi connectivity index (χ0) is 21.1. The monoisotopic (exact) mass is 436 g/mol. The summed E-state index contributed by atoms with van der Waals surface area (Å²) < 4.78 is 1.24. The van der Waals surface area contributed by atoms with Gasteiger partial charge in [-0.2, -0.15) is 5.10 Å². The zero-order valence-electron chi connectivity index (χ0n) is 16.5. The number of aryl methyl sites for hydroxylation is 1. The number of aromatic nitrogens is 3. The molecule has 0 aliphatic carbocycles. The second-order valence-electron chi connectivity index (χ2n) is 6.77. The molecule has 1 amide bonds. The van der Waals surface area contributed by atoms with Gasteiger partial charge in [0.05, 0.1) is 17.1 Å². The van der Waals surface area contributed by atoms with Crippen LogP contribution in [0.15, 0.2) is 64.8 Å². The topological polar surface area (TPSA) is 76.9 Å². The fourth-order valence-electron chi connectivity index (χ4n) is 2.98. The van der Waals surface area contributed by atoms with Crippen LogP contribution < -0.4 is 10.9 Å². The number of hydrogen-bond acceptors (Lipinski definition) is 6. The van der Waals surface area contributed by atoms with Gasteiger partial charge < -0.3 is 5.32 Å². The van der Waals surface area contributed by atoms with Gasteiger partial charge in [-0.15, -0.1) is 22.7 Å². The minimum atomic E-state index is -0.723. The maximum Gasteiger partial charge on any atom is 0.267 e. The quantitative estimate of drug-likeness (QED) is 0.489. The summed E-state index contributed by atoms with van der Waals surface area (Å²) in [7, 11) is 0. The van der Waals surface area contributed by atoms with Gasteiger partial charge in [-0.25, -0.2) is 9.67 Å². The summed E-state index contributed by atoms with van der Waals surface area (Å²) in [5.41, 5.74) is 2.31. The Labute approximate surface area is 181 Å². The smallest absolute Gasteiger partial charge is 0.267 e. The van der Waals surface area contributed by atoms with Crippen molar-refractivity contribution in [2.75, 3.05) is 0 Å². The number of carbonyl (C=O) groups excluding carboxylic acids is 1. The fourth-order valence-corrected chi connectivity index (χ4v) is 4.68. The molecule has 0 bridgehead atoms. The standard InChI is InChI=1S/C22H20N4O2S2/c1-14-19(30-22(24-14)16-7-4-3-5-8-16)13-23-21(28)15(2)26-20(27)11-10-17(25-26)18-9-6-12-29-18/h3-12,15H,13H2,1-2H3,(H,23,28). The highest BCUT2D eigenvalue weighted by atomic mass is 32.1. The number of amides is 1. The van der Waals surface area contributed by atoms with E-state index in [1.807, 2.05) is 54.8 Å². The van der Waals surface area contributed by atoms with Gasteiger partial charge in [-0.1, -0.05) is 36.4 Å². The highest BCUT2D eigenvalue weighted by molar-refractivity contribution is 7.15. The maximum atomic E-state index is 12.7. The van der Waals surface area contributed by atoms with Gasteiger partial charge in [0.15, 0.2) is 0 Å². The summed E-state index contributed by atoms with van der Waals surface area (Å²) >= 11 is 3.09. The summed E-state index contributed by atoms with van der Waals surface area (Å²) in [6, 6.07) is 16.2. The highest BCUT2D eigenvalue weighted by Gasteiger charge is 2.19. The van der Waals surface area contributed by atoms with Crippen molar-refractivity contribution in [1.82, 2.24) is 20.1 Å².